The Labute approximate surface area is 36.9 Å². The highest BCUT2D eigenvalue weighted by Gasteiger charge is 1.70. The summed E-state index contributed by atoms with van der Waals surface area (Å²) in [4.78, 5) is 0. The van der Waals surface area contributed by atoms with E-state index in [1.807, 2.05) is 13.0 Å². The van der Waals surface area contributed by atoms with Crippen LogP contribution in [0.2, 0.25) is 0 Å². The Bertz CT molecular complexity index is 14.4. The number of ether oxygens (including phenoxy) is 1. The fourth-order valence-electron chi connectivity index (χ4n) is 0.0546. The van der Waals surface area contributed by atoms with E-state index in [4.69, 9.17) is 11.6 Å². The van der Waals surface area contributed by atoms with E-state index in [0.29, 0.717) is 6.61 Å². The van der Waals surface area contributed by atoms with Crippen LogP contribution in [0.1, 0.15) is 6.92 Å². The molecule has 0 aliphatic rings. The molecule has 0 rings (SSSR count). The molecule has 0 saturated carbocycles. The number of hydrogen-bond acceptors (Lipinski definition) is 1. The minimum absolute atomic E-state index is 0.601. The van der Waals surface area contributed by atoms with Gasteiger partial charge in [0.1, 0.15) is 0 Å². The second-order valence-electron chi connectivity index (χ2n) is 0.510. The summed E-state index contributed by atoms with van der Waals surface area (Å²) in [7, 11) is 0. The van der Waals surface area contributed by atoms with Crippen LogP contribution in [-0.4, -0.2) is 6.61 Å². The van der Waals surface area contributed by atoms with E-state index in [2.05, 4.69) is 4.74 Å². The molecule has 0 saturated heterocycles. The first kappa shape index (κ1) is 5.25. The van der Waals surface area contributed by atoms with Gasteiger partial charge in [-0.25, -0.2) is 0 Å². The summed E-state index contributed by atoms with van der Waals surface area (Å²) in [6.45, 7) is 2.44. The van der Waals surface area contributed by atoms with Gasteiger partial charge in [-0.15, -0.1) is 0 Å². The van der Waals surface area contributed by atoms with Gasteiger partial charge in [0.05, 0.1) is 0 Å². The molecule has 0 aliphatic heterocycles. The van der Waals surface area contributed by atoms with Gasteiger partial charge in [-0.05, 0) is 6.92 Å². The van der Waals surface area contributed by atoms with E-state index >= 15 is 0 Å². The first-order valence-electron chi connectivity index (χ1n) is 1.39. The lowest BCUT2D eigenvalue weighted by atomic mass is 10.9. The molecule has 0 unspecified atom stereocenters. The second kappa shape index (κ2) is 4.25. The van der Waals surface area contributed by atoms with Crippen molar-refractivity contribution in [2.75, 3.05) is 6.61 Å². The van der Waals surface area contributed by atoms with Gasteiger partial charge >= 0.3 is 0 Å². The molecule has 0 bridgehead atoms. The van der Waals surface area contributed by atoms with Crippen LogP contribution in [0, 0.1) is 6.07 Å². The van der Waals surface area contributed by atoms with Gasteiger partial charge in [0.15, 0.2) is 0 Å². The summed E-state index contributed by atoms with van der Waals surface area (Å²) in [5.74, 6) is 0. The Morgan fingerprint density at radius 3 is 2.60 bits per heavy atom. The molecule has 0 fully saturated rings. The number of halogens is 1. The standard InChI is InChI=1S/C3H5ClO/c1-2-5-3-4/h2H2,1H3. The van der Waals surface area contributed by atoms with E-state index in [1.54, 1.807) is 0 Å². The fourth-order valence-corrected chi connectivity index (χ4v) is 0.164. The summed E-state index contributed by atoms with van der Waals surface area (Å²) >= 11 is 4.83. The van der Waals surface area contributed by atoms with Gasteiger partial charge in [0.2, 0.25) is 6.07 Å². The van der Waals surface area contributed by atoms with E-state index < -0.39 is 0 Å². The Kier molecular flexibility index (Phi) is 4.46. The highest BCUT2D eigenvalue weighted by atomic mass is 35.5. The lowest BCUT2D eigenvalue weighted by Gasteiger charge is -1.81. The van der Waals surface area contributed by atoms with Crippen molar-refractivity contribution in [3.8, 4) is 0 Å². The SMILES string of the molecule is CCO[C]Cl. The van der Waals surface area contributed by atoms with Crippen molar-refractivity contribution in [1.29, 1.82) is 0 Å². The predicted molar refractivity (Wildman–Crippen MR) is 20.7 cm³/mol. The summed E-state index contributed by atoms with van der Waals surface area (Å²) in [6.07, 6.45) is 0. The van der Waals surface area contributed by atoms with Gasteiger partial charge in [-0.3, -0.25) is 0 Å². The molecule has 2 radical (unpaired) electrons. The molecule has 1 nitrogen and oxygen atoms in total. The fraction of sp³-hybridized carbons (Fsp3) is 0.667. The Morgan fingerprint density at radius 1 is 2.00 bits per heavy atom. The summed E-state index contributed by atoms with van der Waals surface area (Å²) in [5.41, 5.74) is 0. The normalized spacial score (nSPS) is 8.40. The third-order valence-corrected chi connectivity index (χ3v) is 0.308. The third kappa shape index (κ3) is 4.25. The topological polar surface area (TPSA) is 9.23 Å². The van der Waals surface area contributed by atoms with Gasteiger partial charge < -0.3 is 4.74 Å². The van der Waals surface area contributed by atoms with Crippen LogP contribution in [0.25, 0.3) is 0 Å². The van der Waals surface area contributed by atoms with E-state index in [9.17, 15) is 0 Å². The van der Waals surface area contributed by atoms with E-state index in [-0.39, 0.29) is 0 Å². The molecule has 0 N–H and O–H groups in total. The van der Waals surface area contributed by atoms with Crippen molar-refractivity contribution in [3.05, 3.63) is 6.07 Å². The zero-order valence-electron chi connectivity index (χ0n) is 2.99. The van der Waals surface area contributed by atoms with Crippen molar-refractivity contribution in [2.24, 2.45) is 0 Å². The van der Waals surface area contributed by atoms with Crippen LogP contribution < -0.4 is 0 Å². The molecule has 0 amide bonds. The van der Waals surface area contributed by atoms with Crippen molar-refractivity contribution >= 4 is 11.6 Å². The molecule has 0 heterocycles. The molecular weight excluding hydrogens is 87.5 g/mol. The molecular formula is C3H5ClO. The van der Waals surface area contributed by atoms with Crippen LogP contribution >= 0.6 is 11.6 Å². The van der Waals surface area contributed by atoms with Gasteiger partial charge in [0, 0.05) is 6.61 Å². The molecule has 30 valence electrons. The summed E-state index contributed by atoms with van der Waals surface area (Å²) < 4.78 is 4.35. The largest absolute Gasteiger partial charge is 0.352 e. The summed E-state index contributed by atoms with van der Waals surface area (Å²) in [5, 5.41) is 0. The molecule has 0 aromatic carbocycles. The van der Waals surface area contributed by atoms with Crippen molar-refractivity contribution < 1.29 is 4.74 Å². The van der Waals surface area contributed by atoms with Crippen LogP contribution in [0.4, 0.5) is 0 Å². The molecule has 5 heavy (non-hydrogen) atoms. The molecule has 0 spiro atoms. The van der Waals surface area contributed by atoms with Gasteiger partial charge in [-0.1, -0.05) is 11.6 Å². The van der Waals surface area contributed by atoms with Crippen molar-refractivity contribution in [1.82, 2.24) is 0 Å². The van der Waals surface area contributed by atoms with Gasteiger partial charge in [-0.2, -0.15) is 0 Å². The molecule has 0 aliphatic carbocycles. The van der Waals surface area contributed by atoms with Crippen LogP contribution in [0.5, 0.6) is 0 Å². The molecule has 0 aromatic rings. The average Bonchev–Trinajstić information content (AvgIpc) is 1.41. The molecule has 0 atom stereocenters. The minimum Gasteiger partial charge on any atom is -0.352 e. The third-order valence-electron chi connectivity index (χ3n) is 0.199. The predicted octanol–water partition coefficient (Wildman–Crippen LogP) is 1.26. The van der Waals surface area contributed by atoms with Crippen molar-refractivity contribution in [2.45, 2.75) is 6.92 Å². The maximum atomic E-state index is 4.83. The van der Waals surface area contributed by atoms with Crippen LogP contribution in [0.3, 0.4) is 0 Å². The number of rotatable bonds is 2. The minimum atomic E-state index is 0.601. The van der Waals surface area contributed by atoms with E-state index in [1.165, 1.54) is 0 Å². The summed E-state index contributed by atoms with van der Waals surface area (Å²) in [6, 6.07) is 1.99. The average molecular weight is 92.5 g/mol. The highest BCUT2D eigenvalue weighted by Crippen LogP contribution is 1.82. The van der Waals surface area contributed by atoms with Crippen LogP contribution in [0.15, 0.2) is 0 Å². The first-order valence-corrected chi connectivity index (χ1v) is 1.77. The Morgan fingerprint density at radius 2 is 2.60 bits per heavy atom. The zero-order chi connectivity index (χ0) is 4.12. The lowest BCUT2D eigenvalue weighted by molar-refractivity contribution is 0.246. The van der Waals surface area contributed by atoms with Crippen LogP contribution in [-0.2, 0) is 4.74 Å². The molecule has 2 heteroatoms. The maximum absolute atomic E-state index is 4.83. The monoisotopic (exact) mass is 92.0 g/mol. The quantitative estimate of drug-likeness (QED) is 0.498. The highest BCUT2D eigenvalue weighted by molar-refractivity contribution is 6.21. The zero-order valence-corrected chi connectivity index (χ0v) is 3.75. The first-order chi connectivity index (χ1) is 2.41. The van der Waals surface area contributed by atoms with Gasteiger partial charge in [0.25, 0.3) is 0 Å². The molecule has 0 aromatic heterocycles. The van der Waals surface area contributed by atoms with Crippen molar-refractivity contribution in [3.63, 3.8) is 0 Å². The smallest absolute Gasteiger partial charge is 0.236 e. The second-order valence-corrected chi connectivity index (χ2v) is 0.664. The maximum Gasteiger partial charge on any atom is 0.236 e. The van der Waals surface area contributed by atoms with E-state index in [0.717, 1.165) is 0 Å². The number of hydrogen-bond donors (Lipinski definition) is 0. The Hall–Kier alpha value is 0.250. The lowest BCUT2D eigenvalue weighted by Crippen LogP contribution is -1.75. The Balaban J connectivity index is 2.19.